The molecule has 0 unspecified atom stereocenters. The molecule has 6 nitrogen and oxygen atoms in total. The molecule has 1 aliphatic heterocycles. The van der Waals surface area contributed by atoms with Crippen LogP contribution in [0.15, 0.2) is 30.3 Å². The molecule has 2 fully saturated rings. The van der Waals surface area contributed by atoms with Crippen LogP contribution in [0.25, 0.3) is 5.69 Å². The quantitative estimate of drug-likeness (QED) is 0.594. The molecule has 3 amide bonds. The second-order valence-electron chi connectivity index (χ2n) is 8.90. The Kier molecular flexibility index (Phi) is 5.04. The summed E-state index contributed by atoms with van der Waals surface area (Å²) in [7, 11) is 0. The van der Waals surface area contributed by atoms with Crippen LogP contribution in [0.4, 0.5) is 4.79 Å². The molecule has 0 radical (unpaired) electrons. The van der Waals surface area contributed by atoms with Crippen LogP contribution in [0, 0.1) is 13.8 Å². The lowest BCUT2D eigenvalue weighted by Crippen LogP contribution is -2.44. The average Bonchev–Trinajstić information content (AvgIpc) is 3.36. The number of nitrogens with zero attached hydrogens (tertiary/aromatic N) is 2. The molecule has 0 bridgehead atoms. The fourth-order valence-electron chi connectivity index (χ4n) is 4.82. The van der Waals surface area contributed by atoms with Gasteiger partial charge in [-0.25, -0.2) is 4.79 Å². The minimum Gasteiger partial charge on any atom is -0.323 e. The maximum Gasteiger partial charge on any atom is 0.325 e. The van der Waals surface area contributed by atoms with E-state index in [0.29, 0.717) is 24.3 Å². The van der Waals surface area contributed by atoms with Crippen molar-refractivity contribution in [1.82, 2.24) is 14.8 Å². The third-order valence-electron chi connectivity index (χ3n) is 6.55. The molecule has 0 atom stereocenters. The lowest BCUT2D eigenvalue weighted by atomic mass is 9.98. The molecule has 6 heteroatoms. The van der Waals surface area contributed by atoms with Gasteiger partial charge in [-0.2, -0.15) is 0 Å². The second kappa shape index (κ2) is 7.42. The van der Waals surface area contributed by atoms with Gasteiger partial charge in [0.25, 0.3) is 5.91 Å². The SMILES string of the molecule is Cc1cc(C(=O)CN2C(=O)NC3(CCCC3)C2=O)c(C)n1-c1ccc(C(C)C)cc1. The summed E-state index contributed by atoms with van der Waals surface area (Å²) in [4.78, 5) is 39.4. The first-order valence-corrected chi connectivity index (χ1v) is 10.7. The van der Waals surface area contributed by atoms with Crippen molar-refractivity contribution in [1.29, 1.82) is 0 Å². The van der Waals surface area contributed by atoms with Gasteiger partial charge in [0, 0.05) is 22.6 Å². The standard InChI is InChI=1S/C24H29N3O3/c1-15(2)18-7-9-19(10-8-18)27-16(3)13-20(17(27)4)21(28)14-26-22(29)24(25-23(26)30)11-5-6-12-24/h7-10,13,15H,5-6,11-12,14H2,1-4H3,(H,25,30). The minimum atomic E-state index is -0.785. The van der Waals surface area contributed by atoms with Crippen molar-refractivity contribution in [3.8, 4) is 5.69 Å². The molecule has 2 heterocycles. The summed E-state index contributed by atoms with van der Waals surface area (Å²) < 4.78 is 2.04. The van der Waals surface area contributed by atoms with Crippen LogP contribution in [0.1, 0.15) is 72.8 Å². The van der Waals surface area contributed by atoms with E-state index in [1.54, 1.807) is 0 Å². The van der Waals surface area contributed by atoms with E-state index >= 15 is 0 Å². The Morgan fingerprint density at radius 1 is 1.10 bits per heavy atom. The highest BCUT2D eigenvalue weighted by Crippen LogP contribution is 2.35. The van der Waals surface area contributed by atoms with Crippen LogP contribution in [0.5, 0.6) is 0 Å². The number of rotatable bonds is 5. The second-order valence-corrected chi connectivity index (χ2v) is 8.90. The molecule has 2 aromatic rings. The maximum absolute atomic E-state index is 13.1. The first kappa shape index (κ1) is 20.4. The molecule has 1 N–H and O–H groups in total. The van der Waals surface area contributed by atoms with Gasteiger partial charge in [0.05, 0.1) is 6.54 Å². The van der Waals surface area contributed by atoms with E-state index in [9.17, 15) is 14.4 Å². The fraction of sp³-hybridized carbons (Fsp3) is 0.458. The summed E-state index contributed by atoms with van der Waals surface area (Å²) in [6.07, 6.45) is 3.15. The van der Waals surface area contributed by atoms with Gasteiger partial charge in [0.2, 0.25) is 0 Å². The summed E-state index contributed by atoms with van der Waals surface area (Å²) in [5.41, 5.74) is 3.78. The van der Waals surface area contributed by atoms with Gasteiger partial charge >= 0.3 is 6.03 Å². The van der Waals surface area contributed by atoms with Crippen LogP contribution in [0.3, 0.4) is 0 Å². The Bertz CT molecular complexity index is 1010. The summed E-state index contributed by atoms with van der Waals surface area (Å²) >= 11 is 0. The van der Waals surface area contributed by atoms with Gasteiger partial charge in [0.15, 0.2) is 5.78 Å². The summed E-state index contributed by atoms with van der Waals surface area (Å²) in [6.45, 7) is 7.96. The number of aromatic nitrogens is 1. The summed E-state index contributed by atoms with van der Waals surface area (Å²) in [5, 5.41) is 2.84. The number of nitrogens with one attached hydrogen (secondary N) is 1. The zero-order chi connectivity index (χ0) is 21.6. The number of hydrogen-bond donors (Lipinski definition) is 1. The first-order chi connectivity index (χ1) is 14.2. The lowest BCUT2D eigenvalue weighted by Gasteiger charge is -2.19. The number of ketones is 1. The first-order valence-electron chi connectivity index (χ1n) is 10.7. The van der Waals surface area contributed by atoms with Gasteiger partial charge in [-0.1, -0.05) is 38.8 Å². The topological polar surface area (TPSA) is 71.4 Å². The summed E-state index contributed by atoms with van der Waals surface area (Å²) in [5.74, 6) is -0.0153. The van der Waals surface area contributed by atoms with Crippen LogP contribution in [0.2, 0.25) is 0 Å². The van der Waals surface area contributed by atoms with Crippen LogP contribution in [-0.4, -0.2) is 39.3 Å². The number of benzene rings is 1. The molecule has 1 saturated carbocycles. The van der Waals surface area contributed by atoms with Crippen LogP contribution >= 0.6 is 0 Å². The maximum atomic E-state index is 13.1. The Morgan fingerprint density at radius 2 is 1.73 bits per heavy atom. The predicted molar refractivity (Wildman–Crippen MR) is 115 cm³/mol. The molecule has 2 aliphatic rings. The molecule has 1 aliphatic carbocycles. The minimum absolute atomic E-state index is 0.216. The molecule has 1 aromatic heterocycles. The Hall–Kier alpha value is -2.89. The highest BCUT2D eigenvalue weighted by atomic mass is 16.2. The fourth-order valence-corrected chi connectivity index (χ4v) is 4.82. The van der Waals surface area contributed by atoms with E-state index in [2.05, 4.69) is 43.4 Å². The van der Waals surface area contributed by atoms with Gasteiger partial charge < -0.3 is 9.88 Å². The smallest absolute Gasteiger partial charge is 0.323 e. The van der Waals surface area contributed by atoms with Crippen LogP contribution in [-0.2, 0) is 4.79 Å². The zero-order valence-electron chi connectivity index (χ0n) is 18.1. The predicted octanol–water partition coefficient (Wildman–Crippen LogP) is 4.26. The molecule has 158 valence electrons. The number of amides is 3. The average molecular weight is 408 g/mol. The number of Topliss-reactive ketones (excluding diaryl/α,β-unsaturated/α-hetero) is 1. The molecular formula is C24H29N3O3. The Labute approximate surface area is 177 Å². The van der Waals surface area contributed by atoms with E-state index in [1.165, 1.54) is 5.56 Å². The Morgan fingerprint density at radius 3 is 2.33 bits per heavy atom. The third kappa shape index (κ3) is 3.24. The number of hydrogen-bond acceptors (Lipinski definition) is 3. The Balaban J connectivity index is 1.58. The molecule has 1 spiro atoms. The van der Waals surface area contributed by atoms with Crippen molar-refractivity contribution in [2.24, 2.45) is 0 Å². The summed E-state index contributed by atoms with van der Waals surface area (Å²) in [6, 6.07) is 9.73. The van der Waals surface area contributed by atoms with Gasteiger partial charge in [-0.05, 0) is 56.4 Å². The van der Waals surface area contributed by atoms with Crippen molar-refractivity contribution in [3.05, 3.63) is 52.8 Å². The van der Waals surface area contributed by atoms with Crippen molar-refractivity contribution in [2.45, 2.75) is 64.8 Å². The number of carbonyl (C=O) groups excluding carboxylic acids is 3. The van der Waals surface area contributed by atoms with Gasteiger partial charge in [-0.3, -0.25) is 14.5 Å². The lowest BCUT2D eigenvalue weighted by molar-refractivity contribution is -0.130. The van der Waals surface area contributed by atoms with Crippen molar-refractivity contribution in [2.75, 3.05) is 6.54 Å². The monoisotopic (exact) mass is 407 g/mol. The largest absolute Gasteiger partial charge is 0.325 e. The van der Waals surface area contributed by atoms with Gasteiger partial charge in [-0.15, -0.1) is 0 Å². The van der Waals surface area contributed by atoms with E-state index in [1.807, 2.05) is 24.5 Å². The highest BCUT2D eigenvalue weighted by Gasteiger charge is 2.52. The number of aryl methyl sites for hydroxylation is 1. The molecule has 30 heavy (non-hydrogen) atoms. The number of imide groups is 1. The normalized spacial score (nSPS) is 18.0. The van der Waals surface area contributed by atoms with Gasteiger partial charge in [0.1, 0.15) is 5.54 Å². The van der Waals surface area contributed by atoms with E-state index in [4.69, 9.17) is 0 Å². The molecule has 4 rings (SSSR count). The zero-order valence-corrected chi connectivity index (χ0v) is 18.1. The third-order valence-corrected chi connectivity index (χ3v) is 6.55. The van der Waals surface area contributed by atoms with E-state index in [0.717, 1.165) is 34.8 Å². The molecule has 1 aromatic carbocycles. The molecule has 1 saturated heterocycles. The van der Waals surface area contributed by atoms with E-state index < -0.39 is 11.6 Å². The number of carbonyl (C=O) groups is 3. The molecular weight excluding hydrogens is 378 g/mol. The number of urea groups is 1. The highest BCUT2D eigenvalue weighted by molar-refractivity contribution is 6.11. The van der Waals surface area contributed by atoms with Crippen molar-refractivity contribution in [3.63, 3.8) is 0 Å². The van der Waals surface area contributed by atoms with E-state index in [-0.39, 0.29) is 18.2 Å². The van der Waals surface area contributed by atoms with Crippen LogP contribution < -0.4 is 5.32 Å². The van der Waals surface area contributed by atoms with Crippen molar-refractivity contribution < 1.29 is 14.4 Å². The van der Waals surface area contributed by atoms with Crippen molar-refractivity contribution >= 4 is 17.7 Å².